The predicted octanol–water partition coefficient (Wildman–Crippen LogP) is 4.44. The van der Waals surface area contributed by atoms with Gasteiger partial charge in [0.15, 0.2) is 0 Å². The van der Waals surface area contributed by atoms with Crippen molar-refractivity contribution >= 4 is 50.6 Å². The van der Waals surface area contributed by atoms with Crippen molar-refractivity contribution in [3.8, 4) is 0 Å². The molecule has 0 amide bonds. The fraction of sp³-hybridized carbons (Fsp3) is 0.188. The van der Waals surface area contributed by atoms with Crippen molar-refractivity contribution in [2.45, 2.75) is 11.4 Å². The molecule has 0 fully saturated rings. The van der Waals surface area contributed by atoms with Crippen LogP contribution in [0.1, 0.15) is 11.1 Å². The van der Waals surface area contributed by atoms with Crippen molar-refractivity contribution < 1.29 is 0 Å². The zero-order valence-corrected chi connectivity index (χ0v) is 15.2. The van der Waals surface area contributed by atoms with Crippen molar-refractivity contribution in [2.75, 3.05) is 18.2 Å². The Kier molecular flexibility index (Phi) is 5.67. The van der Waals surface area contributed by atoms with Crippen molar-refractivity contribution in [3.05, 3.63) is 58.1 Å². The van der Waals surface area contributed by atoms with Gasteiger partial charge in [-0.05, 0) is 36.1 Å². The van der Waals surface area contributed by atoms with E-state index in [1.165, 1.54) is 5.56 Å². The van der Waals surface area contributed by atoms with E-state index in [2.05, 4.69) is 64.3 Å². The number of thiocarbonyl (C=S) groups is 1. The number of rotatable bonds is 5. The first-order chi connectivity index (χ1) is 10.0. The molecular weight excluding hydrogens is 364 g/mol. The van der Waals surface area contributed by atoms with Crippen LogP contribution in [0.4, 0.5) is 5.69 Å². The molecule has 0 spiro atoms. The Labute approximate surface area is 143 Å². The minimum atomic E-state index is 0.442. The molecule has 2 nitrogen and oxygen atoms in total. The van der Waals surface area contributed by atoms with E-state index in [0.29, 0.717) is 4.99 Å². The molecule has 0 bridgehead atoms. The topological polar surface area (TPSA) is 29.3 Å². The van der Waals surface area contributed by atoms with E-state index in [1.807, 2.05) is 12.3 Å². The lowest BCUT2D eigenvalue weighted by Crippen LogP contribution is -2.22. The second kappa shape index (κ2) is 7.29. The van der Waals surface area contributed by atoms with Crippen molar-refractivity contribution in [2.24, 2.45) is 5.73 Å². The second-order valence-electron chi connectivity index (χ2n) is 4.70. The van der Waals surface area contributed by atoms with E-state index in [0.717, 1.165) is 27.2 Å². The molecule has 0 atom stereocenters. The maximum absolute atomic E-state index is 5.93. The molecule has 110 valence electrons. The normalized spacial score (nSPS) is 10.4. The molecular formula is C16H17BrN2S2. The van der Waals surface area contributed by atoms with Crippen LogP contribution in [0.15, 0.2) is 51.8 Å². The quantitative estimate of drug-likeness (QED) is 0.613. The molecule has 2 rings (SSSR count). The summed E-state index contributed by atoms with van der Waals surface area (Å²) in [5.74, 6) is 0. The van der Waals surface area contributed by atoms with E-state index in [9.17, 15) is 0 Å². The Morgan fingerprint density at radius 1 is 1.24 bits per heavy atom. The smallest absolute Gasteiger partial charge is 0.107 e. The highest BCUT2D eigenvalue weighted by atomic mass is 79.9. The van der Waals surface area contributed by atoms with Gasteiger partial charge in [0.05, 0.1) is 0 Å². The predicted molar refractivity (Wildman–Crippen MR) is 100 cm³/mol. The van der Waals surface area contributed by atoms with Gasteiger partial charge in [0, 0.05) is 34.2 Å². The summed E-state index contributed by atoms with van der Waals surface area (Å²) in [7, 11) is 2.06. The molecule has 0 aliphatic rings. The van der Waals surface area contributed by atoms with Crippen LogP contribution < -0.4 is 10.6 Å². The number of hydrogen-bond donors (Lipinski definition) is 1. The van der Waals surface area contributed by atoms with Crippen LogP contribution in [0.2, 0.25) is 0 Å². The number of benzene rings is 2. The molecule has 2 aromatic rings. The van der Waals surface area contributed by atoms with Gasteiger partial charge in [-0.2, -0.15) is 0 Å². The third-order valence-corrected chi connectivity index (χ3v) is 4.73. The standard InChI is InChI=1S/C16H17BrN2S2/c1-19(10-11-6-8-12(17)9-7-11)13-4-3-5-14(21-2)15(13)16(18)20/h3-9H,10H2,1-2H3,(H2,18,20). The highest BCUT2D eigenvalue weighted by molar-refractivity contribution is 9.10. The van der Waals surface area contributed by atoms with Crippen molar-refractivity contribution in [1.82, 2.24) is 0 Å². The van der Waals surface area contributed by atoms with Gasteiger partial charge in [0.25, 0.3) is 0 Å². The van der Waals surface area contributed by atoms with Crippen LogP contribution in [0.3, 0.4) is 0 Å². The van der Waals surface area contributed by atoms with Crippen LogP contribution in [0.5, 0.6) is 0 Å². The lowest BCUT2D eigenvalue weighted by Gasteiger charge is -2.23. The summed E-state index contributed by atoms with van der Waals surface area (Å²) in [6.45, 7) is 0.806. The Hall–Kier alpha value is -1.04. The van der Waals surface area contributed by atoms with Crippen molar-refractivity contribution in [3.63, 3.8) is 0 Å². The van der Waals surface area contributed by atoms with Gasteiger partial charge >= 0.3 is 0 Å². The first kappa shape index (κ1) is 16.3. The molecule has 2 N–H and O–H groups in total. The summed E-state index contributed by atoms with van der Waals surface area (Å²) in [6.07, 6.45) is 2.04. The minimum Gasteiger partial charge on any atom is -0.389 e. The third-order valence-electron chi connectivity index (χ3n) is 3.21. The Balaban J connectivity index is 2.32. The van der Waals surface area contributed by atoms with Gasteiger partial charge in [-0.25, -0.2) is 0 Å². The van der Waals surface area contributed by atoms with Crippen molar-refractivity contribution in [1.29, 1.82) is 0 Å². The molecule has 0 saturated heterocycles. The Bertz CT molecular complexity index is 641. The zero-order valence-electron chi connectivity index (χ0n) is 12.0. The molecule has 0 radical (unpaired) electrons. The Morgan fingerprint density at radius 3 is 2.48 bits per heavy atom. The van der Waals surface area contributed by atoms with Gasteiger partial charge < -0.3 is 10.6 Å². The lowest BCUT2D eigenvalue weighted by molar-refractivity contribution is 0.918. The van der Waals surface area contributed by atoms with E-state index in [1.54, 1.807) is 11.8 Å². The summed E-state index contributed by atoms with van der Waals surface area (Å²) >= 11 is 10.4. The number of anilines is 1. The summed E-state index contributed by atoms with van der Waals surface area (Å²) in [6, 6.07) is 14.5. The Morgan fingerprint density at radius 2 is 1.90 bits per heavy atom. The average Bonchev–Trinajstić information content (AvgIpc) is 2.48. The van der Waals surface area contributed by atoms with Crippen LogP contribution in [0.25, 0.3) is 0 Å². The SMILES string of the molecule is CSc1cccc(N(C)Cc2ccc(Br)cc2)c1C(N)=S. The van der Waals surface area contributed by atoms with E-state index < -0.39 is 0 Å². The number of nitrogens with two attached hydrogens (primary N) is 1. The van der Waals surface area contributed by atoms with Gasteiger partial charge in [0.2, 0.25) is 0 Å². The highest BCUT2D eigenvalue weighted by Crippen LogP contribution is 2.30. The highest BCUT2D eigenvalue weighted by Gasteiger charge is 2.14. The van der Waals surface area contributed by atoms with Crippen LogP contribution in [-0.2, 0) is 6.54 Å². The zero-order chi connectivity index (χ0) is 15.4. The average molecular weight is 381 g/mol. The fourth-order valence-electron chi connectivity index (χ4n) is 2.20. The minimum absolute atomic E-state index is 0.442. The van der Waals surface area contributed by atoms with Crippen LogP contribution >= 0.6 is 39.9 Å². The molecule has 0 saturated carbocycles. The molecule has 0 aliphatic heterocycles. The van der Waals surface area contributed by atoms with E-state index in [4.69, 9.17) is 18.0 Å². The number of halogens is 1. The molecule has 0 aromatic heterocycles. The van der Waals surface area contributed by atoms with Gasteiger partial charge in [0.1, 0.15) is 4.99 Å². The van der Waals surface area contributed by atoms with Gasteiger partial charge in [-0.1, -0.05) is 46.3 Å². The molecule has 0 heterocycles. The summed E-state index contributed by atoms with van der Waals surface area (Å²) in [5.41, 5.74) is 9.19. The number of thioether (sulfide) groups is 1. The summed E-state index contributed by atoms with van der Waals surface area (Å²) in [5, 5.41) is 0. The molecule has 0 unspecified atom stereocenters. The molecule has 5 heteroatoms. The monoisotopic (exact) mass is 380 g/mol. The number of nitrogens with zero attached hydrogens (tertiary/aromatic N) is 1. The first-order valence-corrected chi connectivity index (χ1v) is 8.88. The number of hydrogen-bond acceptors (Lipinski definition) is 3. The summed E-state index contributed by atoms with van der Waals surface area (Å²) < 4.78 is 1.09. The molecule has 0 aliphatic carbocycles. The maximum atomic E-state index is 5.93. The molecule has 21 heavy (non-hydrogen) atoms. The third kappa shape index (κ3) is 3.99. The molecule has 2 aromatic carbocycles. The lowest BCUT2D eigenvalue weighted by atomic mass is 10.1. The van der Waals surface area contributed by atoms with E-state index in [-0.39, 0.29) is 0 Å². The fourth-order valence-corrected chi connectivity index (χ4v) is 3.38. The van der Waals surface area contributed by atoms with Gasteiger partial charge in [-0.15, -0.1) is 11.8 Å². The van der Waals surface area contributed by atoms with E-state index >= 15 is 0 Å². The second-order valence-corrected chi connectivity index (χ2v) is 6.90. The van der Waals surface area contributed by atoms with Gasteiger partial charge in [-0.3, -0.25) is 0 Å². The summed E-state index contributed by atoms with van der Waals surface area (Å²) in [4.78, 5) is 3.73. The van der Waals surface area contributed by atoms with Crippen LogP contribution in [-0.4, -0.2) is 18.3 Å². The largest absolute Gasteiger partial charge is 0.389 e. The van der Waals surface area contributed by atoms with Crippen LogP contribution in [0, 0.1) is 0 Å². The first-order valence-electron chi connectivity index (χ1n) is 6.45. The maximum Gasteiger partial charge on any atom is 0.107 e.